The first-order chi connectivity index (χ1) is 47.2. The number of aromatic amines is 3. The highest BCUT2D eigenvalue weighted by Crippen LogP contribution is 2.45. The van der Waals surface area contributed by atoms with Gasteiger partial charge in [0.1, 0.15) is 34.2 Å². The van der Waals surface area contributed by atoms with Gasteiger partial charge in [-0.3, -0.25) is 23.7 Å². The average Bonchev–Trinajstić information content (AvgIpc) is 0.759. The summed E-state index contributed by atoms with van der Waals surface area (Å²) in [4.78, 5) is 52.4. The van der Waals surface area contributed by atoms with Crippen LogP contribution in [0.4, 0.5) is 0 Å². The highest BCUT2D eigenvalue weighted by molar-refractivity contribution is 8.00. The van der Waals surface area contributed by atoms with Crippen LogP contribution < -0.4 is 41.4 Å². The molecule has 0 saturated carbocycles. The lowest BCUT2D eigenvalue weighted by molar-refractivity contribution is 0.00997. The van der Waals surface area contributed by atoms with Crippen molar-refractivity contribution in [2.24, 2.45) is 0 Å². The summed E-state index contributed by atoms with van der Waals surface area (Å²) in [5.74, 6) is 4.44. The third-order valence-corrected chi connectivity index (χ3v) is 30.1. The van der Waals surface area contributed by atoms with E-state index < -0.39 is 49.3 Å². The number of thioether (sulfide) groups is 2. The topological polar surface area (TPSA) is 238 Å². The fourth-order valence-electron chi connectivity index (χ4n) is 10.1. The lowest BCUT2D eigenvalue weighted by Gasteiger charge is -2.37. The number of hydrogen-bond acceptors (Lipinski definition) is 17. The highest BCUT2D eigenvalue weighted by atomic mass is 32.2. The van der Waals surface area contributed by atoms with Crippen molar-refractivity contribution in [2.45, 2.75) is 126 Å². The van der Waals surface area contributed by atoms with Gasteiger partial charge >= 0.3 is 11.4 Å². The predicted molar refractivity (Wildman–Crippen MR) is 409 cm³/mol. The van der Waals surface area contributed by atoms with Gasteiger partial charge in [0.15, 0.2) is 16.6 Å². The maximum atomic E-state index is 12.7. The Hall–Kier alpha value is -7.24. The number of nitrogens with zero attached hydrogens (tertiary/aromatic N) is 1. The Morgan fingerprint density at radius 3 is 1.17 bits per heavy atom. The number of benzene rings is 6. The molecule has 0 bridgehead atoms. The molecule has 0 aliphatic carbocycles. The second-order valence-electron chi connectivity index (χ2n) is 27.1. The molecule has 24 heteroatoms. The van der Waals surface area contributed by atoms with Crippen LogP contribution in [0.3, 0.4) is 0 Å². The van der Waals surface area contributed by atoms with Gasteiger partial charge < -0.3 is 46.8 Å². The minimum Gasteiger partial charge on any atom is -0.497 e. The second-order valence-corrected chi connectivity index (χ2v) is 41.2. The number of aryl methyl sites for hydroxylation is 3. The van der Waals surface area contributed by atoms with E-state index in [9.17, 15) is 27.6 Å². The quantitative estimate of drug-likeness (QED) is 0.0154. The molecule has 2 aromatic heterocycles. The normalized spacial score (nSPS) is 12.8. The molecular weight excluding hydrogens is 1360 g/mol. The van der Waals surface area contributed by atoms with Crippen molar-refractivity contribution in [1.29, 1.82) is 0 Å². The SMILES string of the molecule is COc1ccc(C(OCC(CCn2cc(C)c(=O)[nH]c2=O)SCCO[Si](C)(C)C(C)(C)C)(c2ccccc2)c2ccc(OC)cc2)cc1.COc1ccc(C(OCC(COS(C)(=O)=O)SCCO[Si](C)(C)C(C)(C)C)(c2ccccc2)c2ccc(OC)cc2)cc1.Cc1c[nH]c(=O)[nH]c1=O. The molecule has 2 atom stereocenters. The van der Waals surface area contributed by atoms with Crippen LogP contribution >= 0.6 is 23.5 Å². The zero-order valence-corrected chi connectivity index (χ0v) is 65.4. The number of hydrogen-bond donors (Lipinski definition) is 3. The number of aromatic nitrogens is 4. The number of methoxy groups -OCH3 is 4. The van der Waals surface area contributed by atoms with Crippen LogP contribution in [0.1, 0.15) is 92.5 Å². The van der Waals surface area contributed by atoms with Gasteiger partial charge in [-0.2, -0.15) is 31.9 Å². The first kappa shape index (κ1) is 81.7. The highest BCUT2D eigenvalue weighted by Gasteiger charge is 2.42. The van der Waals surface area contributed by atoms with Crippen LogP contribution in [0, 0.1) is 13.8 Å². The largest absolute Gasteiger partial charge is 0.497 e. The van der Waals surface area contributed by atoms with Gasteiger partial charge in [-0.1, -0.05) is 151 Å². The van der Waals surface area contributed by atoms with Gasteiger partial charge in [0.05, 0.1) is 59.8 Å². The van der Waals surface area contributed by atoms with Crippen molar-refractivity contribution in [3.63, 3.8) is 0 Å². The summed E-state index contributed by atoms with van der Waals surface area (Å²) in [5.41, 5.74) is 3.09. The summed E-state index contributed by atoms with van der Waals surface area (Å²) in [6.07, 6.45) is 4.72. The first-order valence-corrected chi connectivity index (χ1v) is 42.9. The van der Waals surface area contributed by atoms with Gasteiger partial charge in [0.2, 0.25) is 0 Å². The molecule has 2 unspecified atom stereocenters. The molecule has 0 radical (unpaired) electrons. The van der Waals surface area contributed by atoms with Gasteiger partial charge in [0.25, 0.3) is 21.2 Å². The van der Waals surface area contributed by atoms with Gasteiger partial charge in [0, 0.05) is 60.0 Å². The molecule has 0 fully saturated rings. The molecule has 0 saturated heterocycles. The zero-order valence-electron chi connectivity index (χ0n) is 61.0. The maximum Gasteiger partial charge on any atom is 0.328 e. The minimum atomic E-state index is -3.64. The van der Waals surface area contributed by atoms with E-state index >= 15 is 0 Å². The molecule has 6 aromatic carbocycles. The van der Waals surface area contributed by atoms with Crippen LogP contribution in [0.15, 0.2) is 189 Å². The molecule has 8 rings (SSSR count). The van der Waals surface area contributed by atoms with Crippen molar-refractivity contribution in [3.8, 4) is 23.0 Å². The molecule has 8 aromatic rings. The number of nitrogens with one attached hydrogen (secondary N) is 3. The lowest BCUT2D eigenvalue weighted by Crippen LogP contribution is -2.41. The number of H-pyrrole nitrogens is 3. The van der Waals surface area contributed by atoms with Crippen molar-refractivity contribution < 1.29 is 49.9 Å². The van der Waals surface area contributed by atoms with Crippen LogP contribution in [0.5, 0.6) is 23.0 Å². The standard InChI is InChI=1S/C38H50N2O6SSi.C33H46O7S2Si.C5H6N2O2/c1-28-26-40(36(42)39-35(28)41)23-22-34(47-25-24-46-48(7,8)37(2,3)4)27-45-38(29-12-10-9-11-13-29,30-14-18-32(43-5)19-15-30)31-16-20-33(44-6)21-17-31;1-32(2,3)43(7,8)40-22-23-41-31(25-39-42(6,34)35)24-38-33(26-12-10-9-11-13-26,27-14-18-29(36-4)19-15-27)28-16-20-30(37-5)21-17-28;1-3-2-6-5(9)7-4(3)8/h9-21,26,34H,22-25,27H2,1-8H3,(H,39,41,42);9-21,31H,22-25H2,1-8H3;2H,1H3,(H2,6,7,8,9). The van der Waals surface area contributed by atoms with Crippen LogP contribution in [0.25, 0.3) is 0 Å². The third-order valence-electron chi connectivity index (χ3n) is 18.1. The zero-order chi connectivity index (χ0) is 73.5. The average molecular weight is 1460 g/mol. The molecule has 0 spiro atoms. The monoisotopic (exact) mass is 1460 g/mol. The Bertz CT molecular complexity index is 4070. The van der Waals surface area contributed by atoms with Gasteiger partial charge in [-0.05, 0) is 138 Å². The van der Waals surface area contributed by atoms with E-state index in [1.165, 1.54) is 6.20 Å². The predicted octanol–water partition coefficient (Wildman–Crippen LogP) is 13.9. The van der Waals surface area contributed by atoms with Crippen LogP contribution in [0.2, 0.25) is 36.3 Å². The first-order valence-electron chi connectivity index (χ1n) is 33.1. The van der Waals surface area contributed by atoms with Crippen LogP contribution in [-0.4, -0.2) is 134 Å². The summed E-state index contributed by atoms with van der Waals surface area (Å²) in [6.45, 7) is 27.9. The summed E-state index contributed by atoms with van der Waals surface area (Å²) in [5, 5.41) is -0.0508. The van der Waals surface area contributed by atoms with Gasteiger partial charge in [-0.15, -0.1) is 0 Å². The maximum absolute atomic E-state index is 12.7. The Morgan fingerprint density at radius 2 is 0.830 bits per heavy atom. The molecule has 0 amide bonds. The van der Waals surface area contributed by atoms with Crippen molar-refractivity contribution in [2.75, 3.05) is 79.2 Å². The van der Waals surface area contributed by atoms with Crippen LogP contribution in [-0.2, 0) is 50.4 Å². The van der Waals surface area contributed by atoms with Crippen molar-refractivity contribution >= 4 is 50.3 Å². The fraction of sp³-hybridized carbons (Fsp3) is 0.421. The Kier molecular flexibility index (Phi) is 30.3. The molecule has 19 nitrogen and oxygen atoms in total. The Morgan fingerprint density at radius 1 is 0.480 bits per heavy atom. The molecule has 2 heterocycles. The third kappa shape index (κ3) is 22.9. The molecule has 0 aliphatic rings. The molecule has 542 valence electrons. The summed E-state index contributed by atoms with van der Waals surface area (Å²) >= 11 is 3.38. The van der Waals surface area contributed by atoms with E-state index in [0.29, 0.717) is 49.7 Å². The van der Waals surface area contributed by atoms with E-state index in [1.54, 1.807) is 76.6 Å². The van der Waals surface area contributed by atoms with E-state index in [0.717, 1.165) is 68.4 Å². The van der Waals surface area contributed by atoms with E-state index in [2.05, 4.69) is 94.8 Å². The molecule has 100 heavy (non-hydrogen) atoms. The molecule has 0 aliphatic heterocycles. The lowest BCUT2D eigenvalue weighted by atomic mass is 9.80. The number of rotatable bonds is 32. The summed E-state index contributed by atoms with van der Waals surface area (Å²) < 4.78 is 79.8. The van der Waals surface area contributed by atoms with Crippen molar-refractivity contribution in [1.82, 2.24) is 19.5 Å². The minimum absolute atomic E-state index is 0.00623. The molecular formula is C76H102N4O15S3Si2. The van der Waals surface area contributed by atoms with Crippen molar-refractivity contribution in [3.05, 3.63) is 256 Å². The van der Waals surface area contributed by atoms with Gasteiger partial charge in [-0.25, -0.2) is 9.59 Å². The smallest absolute Gasteiger partial charge is 0.328 e. The summed E-state index contributed by atoms with van der Waals surface area (Å²) in [6, 6.07) is 51.9. The Labute approximate surface area is 600 Å². The second kappa shape index (κ2) is 37.1. The fourth-order valence-corrected chi connectivity index (χ4v) is 14.8. The Balaban J connectivity index is 0.000000280. The van der Waals surface area contributed by atoms with E-state index in [4.69, 9.17) is 41.5 Å². The summed E-state index contributed by atoms with van der Waals surface area (Å²) in [7, 11) is -0.872. The van der Waals surface area contributed by atoms with E-state index in [-0.39, 0.29) is 44.9 Å². The molecule has 3 N–H and O–H groups in total. The van der Waals surface area contributed by atoms with E-state index in [1.807, 2.05) is 146 Å². The number of ether oxygens (including phenoxy) is 6.